The molecule has 2 bridgehead atoms. The molecule has 6 nitrogen and oxygen atoms in total. The van der Waals surface area contributed by atoms with Crippen molar-refractivity contribution in [3.8, 4) is 0 Å². The van der Waals surface area contributed by atoms with Gasteiger partial charge in [0.1, 0.15) is 0 Å². The van der Waals surface area contributed by atoms with Crippen LogP contribution in [0.25, 0.3) is 0 Å². The Morgan fingerprint density at radius 2 is 1.50 bits per heavy atom. The van der Waals surface area contributed by atoms with Crippen molar-refractivity contribution in [1.29, 1.82) is 0 Å². The standard InChI is InChI=1S/C28H25NO5/c1-2-22(25(30)15-8-4-3-5-9-15)34-28(33)18-10-6-7-11-21(18)29-26(31)23-16-12-13-17(20-14-19(16)20)24(23)27(29)32/h3-13,16-17,19-20,22-24H,2,14H2,1H3/t16-,17-,19-,20-,22-,23-,24+/m0/s1. The van der Waals surface area contributed by atoms with E-state index < -0.39 is 12.1 Å². The first-order valence-corrected chi connectivity index (χ1v) is 12.0. The number of para-hydroxylation sites is 1. The van der Waals surface area contributed by atoms with E-state index in [2.05, 4.69) is 12.2 Å². The smallest absolute Gasteiger partial charge is 0.341 e. The Morgan fingerprint density at radius 3 is 2.12 bits per heavy atom. The number of esters is 1. The molecule has 1 saturated heterocycles. The Morgan fingerprint density at radius 1 is 0.912 bits per heavy atom. The van der Waals surface area contributed by atoms with E-state index in [0.29, 0.717) is 23.8 Å². The van der Waals surface area contributed by atoms with E-state index in [4.69, 9.17) is 4.74 Å². The molecule has 5 aliphatic rings. The van der Waals surface area contributed by atoms with Crippen molar-refractivity contribution in [3.63, 3.8) is 0 Å². The Kier molecular flexibility index (Phi) is 4.80. The molecule has 3 fully saturated rings. The van der Waals surface area contributed by atoms with E-state index in [9.17, 15) is 19.2 Å². The number of carbonyl (C=O) groups is 4. The van der Waals surface area contributed by atoms with Gasteiger partial charge in [0.25, 0.3) is 0 Å². The monoisotopic (exact) mass is 455 g/mol. The molecular weight excluding hydrogens is 430 g/mol. The van der Waals surface area contributed by atoms with Gasteiger partial charge >= 0.3 is 5.97 Å². The third kappa shape index (κ3) is 3.01. The Hall–Kier alpha value is -3.54. The number of anilines is 1. The molecule has 0 spiro atoms. The van der Waals surface area contributed by atoms with E-state index in [0.717, 1.165) is 6.42 Å². The molecule has 7 rings (SSSR count). The molecule has 4 aliphatic carbocycles. The number of Topliss-reactive ketones (excluding diaryl/α,β-unsaturated/α-hetero) is 1. The lowest BCUT2D eigenvalue weighted by Gasteiger charge is -2.37. The van der Waals surface area contributed by atoms with Gasteiger partial charge in [0, 0.05) is 5.56 Å². The third-order valence-corrected chi connectivity index (χ3v) is 8.00. The van der Waals surface area contributed by atoms with Crippen LogP contribution in [0.1, 0.15) is 40.5 Å². The third-order valence-electron chi connectivity index (χ3n) is 8.00. The SMILES string of the molecule is CC[C@H](OC(=O)c1ccccc1N1C(=O)[C@@H]2[C@H]3C=C[C@@H]([C@@H]4C[C@@H]34)[C@@H]2C1=O)C(=O)c1ccccc1. The molecule has 6 heteroatoms. The number of rotatable bonds is 6. The normalized spacial score (nSPS) is 31.1. The minimum absolute atomic E-state index is 0.105. The van der Waals surface area contributed by atoms with Gasteiger partial charge in [-0.1, -0.05) is 61.5 Å². The average Bonchev–Trinajstić information content (AvgIpc) is 3.65. The van der Waals surface area contributed by atoms with E-state index >= 15 is 0 Å². The molecule has 2 amide bonds. The highest BCUT2D eigenvalue weighted by Gasteiger charge is 2.67. The van der Waals surface area contributed by atoms with Crippen LogP contribution < -0.4 is 4.90 Å². The molecule has 1 aliphatic heterocycles. The lowest BCUT2D eigenvalue weighted by atomic mass is 9.63. The lowest BCUT2D eigenvalue weighted by Crippen LogP contribution is -2.40. The highest BCUT2D eigenvalue weighted by atomic mass is 16.5. The van der Waals surface area contributed by atoms with Gasteiger partial charge in [-0.15, -0.1) is 0 Å². The maximum atomic E-state index is 13.5. The van der Waals surface area contributed by atoms with Crippen LogP contribution in [0, 0.1) is 35.5 Å². The quantitative estimate of drug-likeness (QED) is 0.284. The van der Waals surface area contributed by atoms with Crippen molar-refractivity contribution in [3.05, 3.63) is 77.9 Å². The molecule has 0 unspecified atom stereocenters. The molecule has 2 saturated carbocycles. The minimum Gasteiger partial charge on any atom is -0.450 e. The number of imide groups is 1. The molecule has 2 aromatic carbocycles. The molecule has 2 aromatic rings. The van der Waals surface area contributed by atoms with Crippen LogP contribution in [0.15, 0.2) is 66.7 Å². The second kappa shape index (κ2) is 7.76. The van der Waals surface area contributed by atoms with Crippen molar-refractivity contribution in [1.82, 2.24) is 0 Å². The Bertz CT molecular complexity index is 1200. The molecule has 0 aromatic heterocycles. The number of ketones is 1. The highest BCUT2D eigenvalue weighted by Crippen LogP contribution is 2.65. The first-order valence-electron chi connectivity index (χ1n) is 12.0. The average molecular weight is 456 g/mol. The van der Waals surface area contributed by atoms with Gasteiger partial charge in [-0.25, -0.2) is 9.69 Å². The fraction of sp³-hybridized carbons (Fsp3) is 0.357. The molecule has 34 heavy (non-hydrogen) atoms. The molecule has 0 radical (unpaired) electrons. The summed E-state index contributed by atoms with van der Waals surface area (Å²) >= 11 is 0. The van der Waals surface area contributed by atoms with Crippen LogP contribution in [0.2, 0.25) is 0 Å². The number of nitrogens with zero attached hydrogens (tertiary/aromatic N) is 1. The summed E-state index contributed by atoms with van der Waals surface area (Å²) in [5.74, 6) is -0.940. The predicted molar refractivity (Wildman–Crippen MR) is 124 cm³/mol. The van der Waals surface area contributed by atoms with Crippen LogP contribution in [0.4, 0.5) is 5.69 Å². The summed E-state index contributed by atoms with van der Waals surface area (Å²) in [6, 6.07) is 15.2. The van der Waals surface area contributed by atoms with Crippen LogP contribution in [-0.4, -0.2) is 29.7 Å². The number of hydrogen-bond donors (Lipinski definition) is 0. The van der Waals surface area contributed by atoms with E-state index in [1.54, 1.807) is 55.5 Å². The van der Waals surface area contributed by atoms with E-state index in [1.165, 1.54) is 4.90 Å². The summed E-state index contributed by atoms with van der Waals surface area (Å²) in [5, 5.41) is 0. The Balaban J connectivity index is 1.28. The summed E-state index contributed by atoms with van der Waals surface area (Å²) in [5.41, 5.74) is 0.825. The summed E-state index contributed by atoms with van der Waals surface area (Å²) < 4.78 is 5.62. The van der Waals surface area contributed by atoms with Gasteiger partial charge in [0.05, 0.1) is 23.1 Å². The topological polar surface area (TPSA) is 80.8 Å². The van der Waals surface area contributed by atoms with Gasteiger partial charge in [0.2, 0.25) is 17.6 Å². The molecule has 7 atom stereocenters. The second-order valence-electron chi connectivity index (χ2n) is 9.72. The lowest BCUT2D eigenvalue weighted by molar-refractivity contribution is -0.124. The minimum atomic E-state index is -0.956. The van der Waals surface area contributed by atoms with Crippen LogP contribution in [0.5, 0.6) is 0 Å². The largest absolute Gasteiger partial charge is 0.450 e. The zero-order valence-corrected chi connectivity index (χ0v) is 18.8. The number of benzene rings is 2. The van der Waals surface area contributed by atoms with Crippen molar-refractivity contribution in [2.45, 2.75) is 25.9 Å². The predicted octanol–water partition coefficient (Wildman–Crippen LogP) is 4.06. The van der Waals surface area contributed by atoms with E-state index in [1.807, 2.05) is 6.07 Å². The molecule has 1 heterocycles. The van der Waals surface area contributed by atoms with E-state index in [-0.39, 0.29) is 52.5 Å². The number of amides is 2. The Labute approximate surface area is 197 Å². The fourth-order valence-corrected chi connectivity index (χ4v) is 6.34. The molecule has 0 N–H and O–H groups in total. The van der Waals surface area contributed by atoms with Crippen molar-refractivity contribution >= 4 is 29.3 Å². The second-order valence-corrected chi connectivity index (χ2v) is 9.72. The number of hydrogen-bond acceptors (Lipinski definition) is 5. The van der Waals surface area contributed by atoms with Crippen LogP contribution >= 0.6 is 0 Å². The summed E-state index contributed by atoms with van der Waals surface area (Å²) in [7, 11) is 0. The van der Waals surface area contributed by atoms with Crippen molar-refractivity contribution in [2.75, 3.05) is 4.90 Å². The van der Waals surface area contributed by atoms with Crippen LogP contribution in [-0.2, 0) is 14.3 Å². The molecule has 172 valence electrons. The van der Waals surface area contributed by atoms with Crippen molar-refractivity contribution in [2.24, 2.45) is 35.5 Å². The van der Waals surface area contributed by atoms with Gasteiger partial charge in [0.15, 0.2) is 6.10 Å². The summed E-state index contributed by atoms with van der Waals surface area (Å²) in [6.45, 7) is 1.77. The first kappa shape index (κ1) is 21.0. The summed E-state index contributed by atoms with van der Waals surface area (Å²) in [4.78, 5) is 54.3. The van der Waals surface area contributed by atoms with Gasteiger partial charge < -0.3 is 4.74 Å². The first-order chi connectivity index (χ1) is 16.5. The highest BCUT2D eigenvalue weighted by molar-refractivity contribution is 6.24. The maximum Gasteiger partial charge on any atom is 0.341 e. The number of allylic oxidation sites excluding steroid dienone is 2. The summed E-state index contributed by atoms with van der Waals surface area (Å²) in [6.07, 6.45) is 4.69. The zero-order valence-electron chi connectivity index (χ0n) is 18.8. The van der Waals surface area contributed by atoms with Gasteiger partial charge in [-0.3, -0.25) is 14.4 Å². The van der Waals surface area contributed by atoms with Gasteiger partial charge in [-0.2, -0.15) is 0 Å². The molecular formula is C28H25NO5. The number of carbonyl (C=O) groups excluding carboxylic acids is 4. The number of ether oxygens (including phenoxy) is 1. The van der Waals surface area contributed by atoms with Crippen LogP contribution in [0.3, 0.4) is 0 Å². The van der Waals surface area contributed by atoms with Crippen molar-refractivity contribution < 1.29 is 23.9 Å². The van der Waals surface area contributed by atoms with Gasteiger partial charge in [-0.05, 0) is 48.6 Å². The fourth-order valence-electron chi connectivity index (χ4n) is 6.34. The maximum absolute atomic E-state index is 13.5. The zero-order chi connectivity index (χ0) is 23.6.